The SMILES string of the molecule is COc1ccc(C(C)NS(=O)(=O)c2ccc(C(=O)NCC(F)(F)F)cc2)cc1Br. The van der Waals surface area contributed by atoms with Gasteiger partial charge in [-0.05, 0) is 64.8 Å². The molecule has 0 heterocycles. The van der Waals surface area contributed by atoms with Crippen molar-refractivity contribution in [2.24, 2.45) is 0 Å². The van der Waals surface area contributed by atoms with E-state index in [1.165, 1.54) is 7.11 Å². The molecule has 6 nitrogen and oxygen atoms in total. The van der Waals surface area contributed by atoms with Crippen LogP contribution in [0.2, 0.25) is 0 Å². The summed E-state index contributed by atoms with van der Waals surface area (Å²) in [5.74, 6) is -0.348. The number of amides is 1. The Bertz CT molecular complexity index is 980. The minimum absolute atomic E-state index is 0.0830. The van der Waals surface area contributed by atoms with Crippen LogP contribution in [0, 0.1) is 0 Å². The summed E-state index contributed by atoms with van der Waals surface area (Å²) in [7, 11) is -2.41. The molecule has 2 aromatic carbocycles. The molecule has 0 fully saturated rings. The van der Waals surface area contributed by atoms with E-state index >= 15 is 0 Å². The van der Waals surface area contributed by atoms with Crippen molar-refractivity contribution in [3.63, 3.8) is 0 Å². The lowest BCUT2D eigenvalue weighted by Crippen LogP contribution is -2.33. The fourth-order valence-corrected chi connectivity index (χ4v) is 4.18. The third-order valence-electron chi connectivity index (χ3n) is 3.88. The van der Waals surface area contributed by atoms with Gasteiger partial charge in [-0.3, -0.25) is 4.79 Å². The maximum absolute atomic E-state index is 12.6. The Morgan fingerprint density at radius 1 is 1.17 bits per heavy atom. The van der Waals surface area contributed by atoms with Crippen LogP contribution in [-0.2, 0) is 10.0 Å². The van der Waals surface area contributed by atoms with Crippen LogP contribution >= 0.6 is 15.9 Å². The number of carbonyl (C=O) groups is 1. The number of ether oxygens (including phenoxy) is 1. The first-order valence-corrected chi connectivity index (χ1v) is 10.5. The second-order valence-electron chi connectivity index (χ2n) is 6.06. The highest BCUT2D eigenvalue weighted by Crippen LogP contribution is 2.28. The molecule has 29 heavy (non-hydrogen) atoms. The van der Waals surface area contributed by atoms with Crippen LogP contribution in [0.1, 0.15) is 28.9 Å². The zero-order chi connectivity index (χ0) is 21.8. The number of rotatable bonds is 7. The lowest BCUT2D eigenvalue weighted by atomic mass is 10.1. The molecule has 2 N–H and O–H groups in total. The Hall–Kier alpha value is -2.11. The summed E-state index contributed by atoms with van der Waals surface area (Å²) in [4.78, 5) is 11.6. The van der Waals surface area contributed by atoms with Crippen molar-refractivity contribution in [2.45, 2.75) is 24.0 Å². The summed E-state index contributed by atoms with van der Waals surface area (Å²) in [6.07, 6.45) is -4.53. The largest absolute Gasteiger partial charge is 0.496 e. The fourth-order valence-electron chi connectivity index (χ4n) is 2.39. The molecular formula is C18H18BrF3N2O4S. The van der Waals surface area contributed by atoms with E-state index in [9.17, 15) is 26.4 Å². The molecule has 2 rings (SSSR count). The summed E-state index contributed by atoms with van der Waals surface area (Å²) < 4.78 is 69.9. The average molecular weight is 495 g/mol. The second-order valence-corrected chi connectivity index (χ2v) is 8.63. The number of hydrogen-bond donors (Lipinski definition) is 2. The summed E-state index contributed by atoms with van der Waals surface area (Å²) in [5, 5.41) is 1.72. The highest BCUT2D eigenvalue weighted by Gasteiger charge is 2.28. The minimum Gasteiger partial charge on any atom is -0.496 e. The van der Waals surface area contributed by atoms with E-state index in [0.29, 0.717) is 15.8 Å². The fraction of sp³-hybridized carbons (Fsp3) is 0.278. The van der Waals surface area contributed by atoms with Crippen molar-refractivity contribution >= 4 is 31.9 Å². The van der Waals surface area contributed by atoms with Gasteiger partial charge in [0.25, 0.3) is 5.91 Å². The molecular weight excluding hydrogens is 477 g/mol. The zero-order valence-corrected chi connectivity index (χ0v) is 17.8. The van der Waals surface area contributed by atoms with Crippen LogP contribution < -0.4 is 14.8 Å². The van der Waals surface area contributed by atoms with Crippen molar-refractivity contribution in [3.05, 3.63) is 58.1 Å². The van der Waals surface area contributed by atoms with Crippen molar-refractivity contribution in [2.75, 3.05) is 13.7 Å². The summed E-state index contributed by atoms with van der Waals surface area (Å²) >= 11 is 3.34. The molecule has 0 bridgehead atoms. The van der Waals surface area contributed by atoms with Crippen LogP contribution in [-0.4, -0.2) is 34.2 Å². The van der Waals surface area contributed by atoms with Crippen molar-refractivity contribution < 1.29 is 31.1 Å². The first kappa shape index (κ1) is 23.2. The minimum atomic E-state index is -4.53. The molecule has 11 heteroatoms. The molecule has 158 valence electrons. The summed E-state index contributed by atoms with van der Waals surface area (Å²) in [6.45, 7) is 0.188. The van der Waals surface area contributed by atoms with E-state index in [1.54, 1.807) is 30.4 Å². The lowest BCUT2D eigenvalue weighted by Gasteiger charge is -2.16. The molecule has 0 radical (unpaired) electrons. The first-order valence-electron chi connectivity index (χ1n) is 8.24. The zero-order valence-electron chi connectivity index (χ0n) is 15.4. The van der Waals surface area contributed by atoms with Gasteiger partial charge in [0.1, 0.15) is 12.3 Å². The van der Waals surface area contributed by atoms with E-state index in [4.69, 9.17) is 4.74 Å². The molecule has 0 aliphatic carbocycles. The van der Waals surface area contributed by atoms with Crippen LogP contribution in [0.4, 0.5) is 13.2 Å². The topological polar surface area (TPSA) is 84.5 Å². The number of alkyl halides is 3. The molecule has 0 saturated heterocycles. The van der Waals surface area contributed by atoms with Crippen LogP contribution in [0.3, 0.4) is 0 Å². The number of carbonyl (C=O) groups excluding carboxylic acids is 1. The molecule has 0 aliphatic heterocycles. The Morgan fingerprint density at radius 2 is 1.79 bits per heavy atom. The van der Waals surface area contributed by atoms with Gasteiger partial charge >= 0.3 is 6.18 Å². The number of nitrogens with one attached hydrogen (secondary N) is 2. The maximum atomic E-state index is 12.6. The normalized spacial score (nSPS) is 13.0. The van der Waals surface area contributed by atoms with Gasteiger partial charge < -0.3 is 10.1 Å². The Labute approximate surface area is 174 Å². The van der Waals surface area contributed by atoms with E-state index in [1.807, 2.05) is 0 Å². The Balaban J connectivity index is 2.11. The summed E-state index contributed by atoms with van der Waals surface area (Å²) in [6, 6.07) is 9.16. The van der Waals surface area contributed by atoms with Crippen molar-refractivity contribution in [3.8, 4) is 5.75 Å². The lowest BCUT2D eigenvalue weighted by molar-refractivity contribution is -0.123. The van der Waals surface area contributed by atoms with Crippen molar-refractivity contribution in [1.82, 2.24) is 10.0 Å². The molecule has 0 aliphatic rings. The Kier molecular flexibility index (Phi) is 7.30. The number of methoxy groups -OCH3 is 1. The van der Waals surface area contributed by atoms with E-state index < -0.39 is 34.7 Å². The van der Waals surface area contributed by atoms with Crippen LogP contribution in [0.5, 0.6) is 5.75 Å². The van der Waals surface area contributed by atoms with Crippen molar-refractivity contribution in [1.29, 1.82) is 0 Å². The van der Waals surface area contributed by atoms with Gasteiger partial charge in [-0.1, -0.05) is 6.07 Å². The molecule has 1 unspecified atom stereocenters. The van der Waals surface area contributed by atoms with E-state index in [-0.39, 0.29) is 10.5 Å². The molecule has 1 amide bonds. The van der Waals surface area contributed by atoms with Crippen LogP contribution in [0.25, 0.3) is 0 Å². The summed E-state index contributed by atoms with van der Waals surface area (Å²) in [5.41, 5.74) is 0.602. The van der Waals surface area contributed by atoms with Gasteiger partial charge in [-0.25, -0.2) is 13.1 Å². The first-order chi connectivity index (χ1) is 13.4. The molecule has 0 aromatic heterocycles. The quantitative estimate of drug-likeness (QED) is 0.613. The smallest absolute Gasteiger partial charge is 0.405 e. The number of halogens is 4. The van der Waals surface area contributed by atoms with Gasteiger partial charge in [0.05, 0.1) is 16.5 Å². The number of sulfonamides is 1. The van der Waals surface area contributed by atoms with Gasteiger partial charge in [-0.15, -0.1) is 0 Å². The highest BCUT2D eigenvalue weighted by molar-refractivity contribution is 9.10. The monoisotopic (exact) mass is 494 g/mol. The standard InChI is InChI=1S/C18H18BrF3N2O4S/c1-11(13-5-8-16(28-2)15(19)9-13)24-29(26,27)14-6-3-12(4-7-14)17(25)23-10-18(20,21)22/h3-9,11,24H,10H2,1-2H3,(H,23,25). The van der Waals surface area contributed by atoms with Crippen LogP contribution in [0.15, 0.2) is 51.8 Å². The molecule has 0 spiro atoms. The van der Waals surface area contributed by atoms with Gasteiger partial charge in [-0.2, -0.15) is 13.2 Å². The molecule has 0 saturated carbocycles. The number of benzene rings is 2. The maximum Gasteiger partial charge on any atom is 0.405 e. The van der Waals surface area contributed by atoms with E-state index in [2.05, 4.69) is 20.7 Å². The predicted octanol–water partition coefficient (Wildman–Crippen LogP) is 3.79. The highest BCUT2D eigenvalue weighted by atomic mass is 79.9. The van der Waals surface area contributed by atoms with Gasteiger partial charge in [0, 0.05) is 11.6 Å². The Morgan fingerprint density at radius 3 is 2.31 bits per heavy atom. The predicted molar refractivity (Wildman–Crippen MR) is 104 cm³/mol. The van der Waals surface area contributed by atoms with Gasteiger partial charge in [0.2, 0.25) is 10.0 Å². The molecule has 1 atom stereocenters. The average Bonchev–Trinajstić information content (AvgIpc) is 2.65. The van der Waals surface area contributed by atoms with Gasteiger partial charge in [0.15, 0.2) is 0 Å². The third kappa shape index (κ3) is 6.44. The number of hydrogen-bond acceptors (Lipinski definition) is 4. The molecule has 2 aromatic rings. The third-order valence-corrected chi connectivity index (χ3v) is 6.06. The van der Waals surface area contributed by atoms with E-state index in [0.717, 1.165) is 24.3 Å². The second kappa shape index (κ2) is 9.14.